The molecule has 0 saturated heterocycles. The molecular formula is C19H18ClNO4. The molecule has 6 heteroatoms. The van der Waals surface area contributed by atoms with E-state index >= 15 is 0 Å². The highest BCUT2D eigenvalue weighted by Crippen LogP contribution is 2.26. The summed E-state index contributed by atoms with van der Waals surface area (Å²) in [6.07, 6.45) is 0.923. The van der Waals surface area contributed by atoms with Gasteiger partial charge in [0.2, 0.25) is 5.91 Å². The summed E-state index contributed by atoms with van der Waals surface area (Å²) in [4.78, 5) is 12.2. The average molecular weight is 360 g/mol. The van der Waals surface area contributed by atoms with Gasteiger partial charge in [-0.2, -0.15) is 0 Å². The molecule has 0 radical (unpaired) electrons. The summed E-state index contributed by atoms with van der Waals surface area (Å²) in [5.74, 6) is 0.502. The molecule has 1 amide bonds. The van der Waals surface area contributed by atoms with E-state index in [4.69, 9.17) is 20.8 Å². The zero-order valence-corrected chi connectivity index (χ0v) is 14.4. The van der Waals surface area contributed by atoms with Gasteiger partial charge in [-0.1, -0.05) is 23.7 Å². The Labute approximate surface area is 150 Å². The summed E-state index contributed by atoms with van der Waals surface area (Å²) in [5, 5.41) is 14.3. The van der Waals surface area contributed by atoms with E-state index in [2.05, 4.69) is 5.32 Å². The topological polar surface area (TPSA) is 71.7 Å². The Balaban J connectivity index is 1.61. The molecule has 3 aromatic rings. The Bertz CT molecular complexity index is 890. The first-order chi connectivity index (χ1) is 12.1. The van der Waals surface area contributed by atoms with Gasteiger partial charge in [0.05, 0.1) is 25.9 Å². The van der Waals surface area contributed by atoms with Gasteiger partial charge >= 0.3 is 0 Å². The van der Waals surface area contributed by atoms with Gasteiger partial charge in [0.25, 0.3) is 0 Å². The normalized spacial score (nSPS) is 12.1. The van der Waals surface area contributed by atoms with Crippen LogP contribution in [0, 0.1) is 0 Å². The molecule has 0 aliphatic rings. The van der Waals surface area contributed by atoms with Gasteiger partial charge in [-0.05, 0) is 29.8 Å². The highest BCUT2D eigenvalue weighted by atomic mass is 35.5. The van der Waals surface area contributed by atoms with Crippen LogP contribution >= 0.6 is 11.6 Å². The number of methoxy groups -OCH3 is 1. The lowest BCUT2D eigenvalue weighted by Crippen LogP contribution is -2.29. The van der Waals surface area contributed by atoms with Crippen LogP contribution in [0.3, 0.4) is 0 Å². The number of hydrogen-bond acceptors (Lipinski definition) is 4. The zero-order chi connectivity index (χ0) is 17.8. The molecule has 130 valence electrons. The lowest BCUT2D eigenvalue weighted by atomic mass is 10.1. The number of ether oxygens (including phenoxy) is 1. The molecule has 1 aromatic heterocycles. The molecule has 0 fully saturated rings. The van der Waals surface area contributed by atoms with Crippen molar-refractivity contribution < 1.29 is 19.1 Å². The first-order valence-corrected chi connectivity index (χ1v) is 8.19. The number of hydrogen-bond donors (Lipinski definition) is 2. The Morgan fingerprint density at radius 3 is 2.92 bits per heavy atom. The van der Waals surface area contributed by atoms with Crippen LogP contribution in [0.1, 0.15) is 17.2 Å². The van der Waals surface area contributed by atoms with Gasteiger partial charge in [0.15, 0.2) is 0 Å². The van der Waals surface area contributed by atoms with Crippen molar-refractivity contribution in [2.24, 2.45) is 0 Å². The van der Waals surface area contributed by atoms with Crippen LogP contribution < -0.4 is 10.1 Å². The second-order valence-electron chi connectivity index (χ2n) is 5.67. The summed E-state index contributed by atoms with van der Waals surface area (Å²) in [6, 6.07) is 12.4. The zero-order valence-electron chi connectivity index (χ0n) is 13.7. The van der Waals surface area contributed by atoms with Gasteiger partial charge in [-0.3, -0.25) is 4.79 Å². The number of furan rings is 1. The first kappa shape index (κ1) is 17.3. The number of fused-ring (bicyclic) bond motifs is 1. The number of aliphatic hydroxyl groups excluding tert-OH is 1. The monoisotopic (exact) mass is 359 g/mol. The SMILES string of the molecule is COc1ccc2c(CC(=O)NC[C@@H](O)c3cccc(Cl)c3)coc2c1. The maximum Gasteiger partial charge on any atom is 0.224 e. The van der Waals surface area contributed by atoms with E-state index in [9.17, 15) is 9.90 Å². The number of carbonyl (C=O) groups excluding carboxylic acids is 1. The minimum absolute atomic E-state index is 0.114. The van der Waals surface area contributed by atoms with E-state index in [0.717, 1.165) is 10.9 Å². The third-order valence-electron chi connectivity index (χ3n) is 3.94. The van der Waals surface area contributed by atoms with Gasteiger partial charge in [0.1, 0.15) is 11.3 Å². The van der Waals surface area contributed by atoms with Crippen molar-refractivity contribution in [3.63, 3.8) is 0 Å². The van der Waals surface area contributed by atoms with Crippen molar-refractivity contribution in [1.82, 2.24) is 5.32 Å². The predicted molar refractivity (Wildman–Crippen MR) is 95.9 cm³/mol. The van der Waals surface area contributed by atoms with E-state index in [1.165, 1.54) is 0 Å². The van der Waals surface area contributed by atoms with E-state index in [0.29, 0.717) is 21.9 Å². The van der Waals surface area contributed by atoms with Crippen LogP contribution in [0.15, 0.2) is 53.1 Å². The molecule has 0 aliphatic carbocycles. The molecule has 0 bridgehead atoms. The first-order valence-electron chi connectivity index (χ1n) is 7.81. The smallest absolute Gasteiger partial charge is 0.224 e. The molecule has 25 heavy (non-hydrogen) atoms. The molecule has 0 saturated carbocycles. The summed E-state index contributed by atoms with van der Waals surface area (Å²) < 4.78 is 10.6. The maximum absolute atomic E-state index is 12.2. The van der Waals surface area contributed by atoms with Crippen molar-refractivity contribution in [1.29, 1.82) is 0 Å². The number of benzene rings is 2. The molecular weight excluding hydrogens is 342 g/mol. The summed E-state index contributed by atoms with van der Waals surface area (Å²) in [5.41, 5.74) is 2.11. The molecule has 3 rings (SSSR count). The maximum atomic E-state index is 12.2. The number of halogens is 1. The number of carbonyl (C=O) groups is 1. The van der Waals surface area contributed by atoms with Crippen LogP contribution in [-0.2, 0) is 11.2 Å². The number of rotatable bonds is 6. The van der Waals surface area contributed by atoms with E-state index in [-0.39, 0.29) is 18.9 Å². The van der Waals surface area contributed by atoms with Gasteiger partial charge in [-0.25, -0.2) is 0 Å². The van der Waals surface area contributed by atoms with Crippen molar-refractivity contribution in [2.45, 2.75) is 12.5 Å². The lowest BCUT2D eigenvalue weighted by Gasteiger charge is -2.12. The fourth-order valence-electron chi connectivity index (χ4n) is 2.61. The molecule has 0 unspecified atom stereocenters. The summed E-state index contributed by atoms with van der Waals surface area (Å²) in [7, 11) is 1.59. The lowest BCUT2D eigenvalue weighted by molar-refractivity contribution is -0.120. The average Bonchev–Trinajstić information content (AvgIpc) is 3.01. The van der Waals surface area contributed by atoms with Crippen LogP contribution in [0.25, 0.3) is 11.0 Å². The quantitative estimate of drug-likeness (QED) is 0.706. The Kier molecular flexibility index (Phi) is 5.26. The fourth-order valence-corrected chi connectivity index (χ4v) is 2.80. The molecule has 1 atom stereocenters. The van der Waals surface area contributed by atoms with Crippen LogP contribution in [0.5, 0.6) is 5.75 Å². The highest BCUT2D eigenvalue weighted by molar-refractivity contribution is 6.30. The minimum atomic E-state index is -0.812. The van der Waals surface area contributed by atoms with Crippen LogP contribution in [-0.4, -0.2) is 24.7 Å². The standard InChI is InChI=1S/C19H18ClNO4/c1-24-15-5-6-16-13(11-25-18(16)9-15)8-19(23)21-10-17(22)12-3-2-4-14(20)7-12/h2-7,9,11,17,22H,8,10H2,1H3,(H,21,23)/t17-/m1/s1. The number of nitrogens with one attached hydrogen (secondary N) is 1. The second kappa shape index (κ2) is 7.59. The van der Waals surface area contributed by atoms with Gasteiger partial charge in [-0.15, -0.1) is 0 Å². The van der Waals surface area contributed by atoms with E-state index in [1.54, 1.807) is 43.7 Å². The minimum Gasteiger partial charge on any atom is -0.497 e. The molecule has 2 aromatic carbocycles. The summed E-state index contributed by atoms with van der Waals surface area (Å²) >= 11 is 5.91. The predicted octanol–water partition coefficient (Wildman–Crippen LogP) is 3.49. The molecule has 5 nitrogen and oxygen atoms in total. The van der Waals surface area contributed by atoms with E-state index in [1.807, 2.05) is 12.1 Å². The highest BCUT2D eigenvalue weighted by Gasteiger charge is 2.13. The summed E-state index contributed by atoms with van der Waals surface area (Å²) in [6.45, 7) is 0.114. The molecule has 1 heterocycles. The molecule has 0 aliphatic heterocycles. The van der Waals surface area contributed by atoms with Crippen LogP contribution in [0.2, 0.25) is 5.02 Å². The largest absolute Gasteiger partial charge is 0.497 e. The molecule has 2 N–H and O–H groups in total. The van der Waals surface area contributed by atoms with Crippen LogP contribution in [0.4, 0.5) is 0 Å². The Hall–Kier alpha value is -2.50. The number of amides is 1. The van der Waals surface area contributed by atoms with Gasteiger partial charge < -0.3 is 19.6 Å². The Morgan fingerprint density at radius 2 is 2.16 bits per heavy atom. The Morgan fingerprint density at radius 1 is 1.32 bits per heavy atom. The number of aliphatic hydroxyl groups is 1. The fraction of sp³-hybridized carbons (Fsp3) is 0.211. The van der Waals surface area contributed by atoms with Crippen molar-refractivity contribution >= 4 is 28.5 Å². The second-order valence-corrected chi connectivity index (χ2v) is 6.11. The van der Waals surface area contributed by atoms with Crippen molar-refractivity contribution in [2.75, 3.05) is 13.7 Å². The van der Waals surface area contributed by atoms with Crippen molar-refractivity contribution in [3.05, 3.63) is 64.9 Å². The molecule has 0 spiro atoms. The van der Waals surface area contributed by atoms with E-state index < -0.39 is 6.10 Å². The third kappa shape index (κ3) is 4.13. The van der Waals surface area contributed by atoms with Crippen molar-refractivity contribution in [3.8, 4) is 5.75 Å². The van der Waals surface area contributed by atoms with Gasteiger partial charge in [0, 0.05) is 28.6 Å². The third-order valence-corrected chi connectivity index (χ3v) is 4.18.